The summed E-state index contributed by atoms with van der Waals surface area (Å²) < 4.78 is 46.1. The number of nitrogens with zero attached hydrogens (tertiary/aromatic N) is 2. The van der Waals surface area contributed by atoms with Gasteiger partial charge in [-0.05, 0) is 30.9 Å². The van der Waals surface area contributed by atoms with Gasteiger partial charge in [0.25, 0.3) is 0 Å². The van der Waals surface area contributed by atoms with Crippen LogP contribution in [0.5, 0.6) is 0 Å². The van der Waals surface area contributed by atoms with E-state index in [1.807, 2.05) is 0 Å². The van der Waals surface area contributed by atoms with Gasteiger partial charge in [-0.1, -0.05) is 0 Å². The maximum Gasteiger partial charge on any atom is 0.318 e. The van der Waals surface area contributed by atoms with Crippen LogP contribution in [0, 0.1) is 17.5 Å². The van der Waals surface area contributed by atoms with Crippen molar-refractivity contribution in [2.75, 3.05) is 39.9 Å². The van der Waals surface area contributed by atoms with Crippen molar-refractivity contribution in [2.24, 2.45) is 0 Å². The van der Waals surface area contributed by atoms with Gasteiger partial charge in [-0.25, -0.2) is 18.0 Å². The first-order chi connectivity index (χ1) is 12.9. The molecule has 1 N–H and O–H groups in total. The molecule has 1 fully saturated rings. The van der Waals surface area contributed by atoms with Crippen molar-refractivity contribution in [3.63, 3.8) is 0 Å². The molecule has 3 rings (SSSR count). The Hall–Kier alpha value is -2.29. The number of hydrogen-bond donors (Lipinski definition) is 1. The lowest BCUT2D eigenvalue weighted by Crippen LogP contribution is -2.45. The number of hydrogen-bond acceptors (Lipinski definition) is 3. The van der Waals surface area contributed by atoms with E-state index in [-0.39, 0.29) is 18.0 Å². The van der Waals surface area contributed by atoms with Crippen LogP contribution in [0.1, 0.15) is 30.0 Å². The molecule has 0 radical (unpaired) electrons. The summed E-state index contributed by atoms with van der Waals surface area (Å²) >= 11 is 0. The topological polar surface area (TPSA) is 61.9 Å². The quantitative estimate of drug-likeness (QED) is 0.807. The summed E-state index contributed by atoms with van der Waals surface area (Å²) in [6.45, 7) is 1.68. The normalized spacial score (nSPS) is 19.9. The SMILES string of the molecule is COCCN1CCCN(C(=O)NC2CCc3cc(F)c(F)c(F)c32)CC1=O. The zero-order chi connectivity index (χ0) is 19.6. The van der Waals surface area contributed by atoms with E-state index in [0.717, 1.165) is 6.07 Å². The monoisotopic (exact) mass is 385 g/mol. The minimum atomic E-state index is -1.53. The highest BCUT2D eigenvalue weighted by molar-refractivity contribution is 5.84. The predicted octanol–water partition coefficient (Wildman–Crippen LogP) is 1.98. The van der Waals surface area contributed by atoms with Crippen LogP contribution >= 0.6 is 0 Å². The van der Waals surface area contributed by atoms with Crippen molar-refractivity contribution in [3.8, 4) is 0 Å². The molecule has 27 heavy (non-hydrogen) atoms. The Kier molecular flexibility index (Phi) is 5.88. The Morgan fingerprint density at radius 1 is 1.30 bits per heavy atom. The molecule has 1 unspecified atom stereocenters. The summed E-state index contributed by atoms with van der Waals surface area (Å²) in [6, 6.07) is -0.285. The minimum Gasteiger partial charge on any atom is -0.383 e. The van der Waals surface area contributed by atoms with E-state index in [9.17, 15) is 22.8 Å². The van der Waals surface area contributed by atoms with Gasteiger partial charge in [0.05, 0.1) is 12.6 Å². The fraction of sp³-hybridized carbons (Fsp3) is 0.556. The molecule has 0 saturated carbocycles. The third-order valence-corrected chi connectivity index (χ3v) is 5.02. The third kappa shape index (κ3) is 4.02. The molecule has 1 aliphatic carbocycles. The molecular formula is C18H22F3N3O3. The Bertz CT molecular complexity index is 744. The van der Waals surface area contributed by atoms with Crippen LogP contribution in [0.25, 0.3) is 0 Å². The molecule has 1 aromatic rings. The molecular weight excluding hydrogens is 363 g/mol. The minimum absolute atomic E-state index is 0.00915. The maximum absolute atomic E-state index is 14.2. The number of methoxy groups -OCH3 is 1. The summed E-state index contributed by atoms with van der Waals surface area (Å²) in [7, 11) is 1.55. The Labute approximate surface area is 155 Å². The first kappa shape index (κ1) is 19.5. The van der Waals surface area contributed by atoms with Crippen molar-refractivity contribution >= 4 is 11.9 Å². The second-order valence-electron chi connectivity index (χ2n) is 6.75. The van der Waals surface area contributed by atoms with Gasteiger partial charge in [0.1, 0.15) is 6.54 Å². The number of amides is 3. The van der Waals surface area contributed by atoms with Crippen LogP contribution < -0.4 is 5.32 Å². The van der Waals surface area contributed by atoms with Gasteiger partial charge in [0, 0.05) is 32.3 Å². The number of ether oxygens (including phenoxy) is 1. The number of rotatable bonds is 4. The molecule has 1 saturated heterocycles. The number of aryl methyl sites for hydroxylation is 1. The summed E-state index contributed by atoms with van der Waals surface area (Å²) in [5.41, 5.74) is 0.347. The zero-order valence-corrected chi connectivity index (χ0v) is 15.1. The molecule has 1 atom stereocenters. The van der Waals surface area contributed by atoms with Gasteiger partial charge in [-0.15, -0.1) is 0 Å². The molecule has 1 aromatic carbocycles. The second-order valence-corrected chi connectivity index (χ2v) is 6.75. The molecule has 1 aliphatic heterocycles. The van der Waals surface area contributed by atoms with Crippen molar-refractivity contribution < 1.29 is 27.5 Å². The fourth-order valence-electron chi connectivity index (χ4n) is 3.60. The van der Waals surface area contributed by atoms with Gasteiger partial charge < -0.3 is 19.9 Å². The van der Waals surface area contributed by atoms with Crippen molar-refractivity contribution in [1.82, 2.24) is 15.1 Å². The molecule has 9 heteroatoms. The Morgan fingerprint density at radius 2 is 2.07 bits per heavy atom. The highest BCUT2D eigenvalue weighted by Gasteiger charge is 2.33. The number of fused-ring (bicyclic) bond motifs is 1. The molecule has 0 spiro atoms. The van der Waals surface area contributed by atoms with Crippen LogP contribution in [0.15, 0.2) is 6.07 Å². The average Bonchev–Trinajstić information content (AvgIpc) is 2.93. The van der Waals surface area contributed by atoms with E-state index in [2.05, 4.69) is 5.32 Å². The largest absolute Gasteiger partial charge is 0.383 e. The standard InChI is InChI=1S/C18H22F3N3O3/c1-27-8-7-23-5-2-6-24(10-14(23)25)18(26)22-13-4-3-11-9-12(19)16(20)17(21)15(11)13/h9,13H,2-8,10H2,1H3,(H,22,26). The number of carbonyl (C=O) groups is 2. The van der Waals surface area contributed by atoms with E-state index < -0.39 is 29.5 Å². The van der Waals surface area contributed by atoms with Gasteiger partial charge in [-0.3, -0.25) is 4.79 Å². The van der Waals surface area contributed by atoms with Gasteiger partial charge in [0.15, 0.2) is 17.5 Å². The Morgan fingerprint density at radius 3 is 2.81 bits per heavy atom. The molecule has 0 aromatic heterocycles. The molecule has 1 heterocycles. The van der Waals surface area contributed by atoms with Gasteiger partial charge >= 0.3 is 6.03 Å². The van der Waals surface area contributed by atoms with Crippen LogP contribution in [0.3, 0.4) is 0 Å². The first-order valence-electron chi connectivity index (χ1n) is 8.90. The lowest BCUT2D eigenvalue weighted by Gasteiger charge is -2.24. The number of urea groups is 1. The van der Waals surface area contributed by atoms with Crippen LogP contribution in [-0.4, -0.2) is 61.6 Å². The number of nitrogens with one attached hydrogen (secondary N) is 1. The summed E-state index contributed by atoms with van der Waals surface area (Å²) in [6.07, 6.45) is 1.30. The second kappa shape index (κ2) is 8.16. The van der Waals surface area contributed by atoms with E-state index in [0.29, 0.717) is 51.1 Å². The molecule has 6 nitrogen and oxygen atoms in total. The number of halogens is 3. The van der Waals surface area contributed by atoms with E-state index in [4.69, 9.17) is 4.74 Å². The van der Waals surface area contributed by atoms with Crippen LogP contribution in [0.2, 0.25) is 0 Å². The predicted molar refractivity (Wildman–Crippen MR) is 90.6 cm³/mol. The number of carbonyl (C=O) groups excluding carboxylic acids is 2. The highest BCUT2D eigenvalue weighted by Crippen LogP contribution is 2.35. The Balaban J connectivity index is 1.67. The summed E-state index contributed by atoms with van der Waals surface area (Å²) in [5.74, 6) is -4.21. The maximum atomic E-state index is 14.2. The molecule has 148 valence electrons. The first-order valence-corrected chi connectivity index (χ1v) is 8.90. The lowest BCUT2D eigenvalue weighted by molar-refractivity contribution is -0.131. The highest BCUT2D eigenvalue weighted by atomic mass is 19.2. The molecule has 2 aliphatic rings. The smallest absolute Gasteiger partial charge is 0.318 e. The van der Waals surface area contributed by atoms with Crippen molar-refractivity contribution in [1.29, 1.82) is 0 Å². The van der Waals surface area contributed by atoms with Gasteiger partial charge in [0.2, 0.25) is 5.91 Å². The molecule has 3 amide bonds. The third-order valence-electron chi connectivity index (χ3n) is 5.02. The lowest BCUT2D eigenvalue weighted by atomic mass is 10.1. The van der Waals surface area contributed by atoms with Crippen LogP contribution in [0.4, 0.5) is 18.0 Å². The molecule has 0 bridgehead atoms. The van der Waals surface area contributed by atoms with E-state index in [1.54, 1.807) is 12.0 Å². The van der Waals surface area contributed by atoms with Crippen molar-refractivity contribution in [2.45, 2.75) is 25.3 Å². The fourth-order valence-corrected chi connectivity index (χ4v) is 3.60. The van der Waals surface area contributed by atoms with Gasteiger partial charge in [-0.2, -0.15) is 0 Å². The summed E-state index contributed by atoms with van der Waals surface area (Å²) in [4.78, 5) is 27.9. The summed E-state index contributed by atoms with van der Waals surface area (Å²) in [5, 5.41) is 2.66. The zero-order valence-electron chi connectivity index (χ0n) is 15.1. The van der Waals surface area contributed by atoms with Crippen LogP contribution in [-0.2, 0) is 16.0 Å². The average molecular weight is 385 g/mol. The van der Waals surface area contributed by atoms with E-state index >= 15 is 0 Å². The van der Waals surface area contributed by atoms with E-state index in [1.165, 1.54) is 4.90 Å². The number of benzene rings is 1. The van der Waals surface area contributed by atoms with Crippen molar-refractivity contribution in [3.05, 3.63) is 34.6 Å².